The largest absolute Gasteiger partial charge is 0.488 e. The maximum atomic E-state index is 13.7. The minimum atomic E-state index is -0.255. The third-order valence-electron chi connectivity index (χ3n) is 3.67. The lowest BCUT2D eigenvalue weighted by molar-refractivity contribution is 0.291. The van der Waals surface area contributed by atoms with Crippen LogP contribution in [0.1, 0.15) is 17.5 Å². The van der Waals surface area contributed by atoms with Gasteiger partial charge in [-0.05, 0) is 43.8 Å². The number of halogens is 2. The van der Waals surface area contributed by atoms with E-state index in [4.69, 9.17) is 9.84 Å². The Bertz CT molecular complexity index is 655. The van der Waals surface area contributed by atoms with Crippen LogP contribution >= 0.6 is 15.9 Å². The Labute approximate surface area is 156 Å². The lowest BCUT2D eigenvalue weighted by atomic mass is 10.2. The Morgan fingerprint density at radius 3 is 2.60 bits per heavy atom. The topological polar surface area (TPSA) is 53.5 Å². The number of rotatable bonds is 11. The molecule has 2 aromatic carbocycles. The molecule has 0 atom stereocenters. The van der Waals surface area contributed by atoms with Gasteiger partial charge in [-0.2, -0.15) is 0 Å². The van der Waals surface area contributed by atoms with Gasteiger partial charge in [0.1, 0.15) is 18.2 Å². The lowest BCUT2D eigenvalue weighted by Gasteiger charge is -2.13. The van der Waals surface area contributed by atoms with Crippen molar-refractivity contribution in [3.63, 3.8) is 0 Å². The quantitative estimate of drug-likeness (QED) is 0.497. The molecule has 0 unspecified atom stereocenters. The van der Waals surface area contributed by atoms with Crippen molar-refractivity contribution in [2.45, 2.75) is 19.6 Å². The van der Waals surface area contributed by atoms with Crippen molar-refractivity contribution in [3.05, 3.63) is 63.9 Å². The Balaban J connectivity index is 1.85. The van der Waals surface area contributed by atoms with Crippen LogP contribution in [-0.2, 0) is 13.2 Å². The smallest absolute Gasteiger partial charge is 0.129 e. The molecular weight excluding hydrogens is 387 g/mol. The number of ether oxygens (including phenoxy) is 1. The van der Waals surface area contributed by atoms with Crippen LogP contribution in [0.4, 0.5) is 4.39 Å². The van der Waals surface area contributed by atoms with Gasteiger partial charge in [-0.25, -0.2) is 4.39 Å². The molecule has 136 valence electrons. The van der Waals surface area contributed by atoms with Gasteiger partial charge in [-0.3, -0.25) is 0 Å². The number of aliphatic hydroxyl groups is 1. The molecule has 0 heterocycles. The third-order valence-corrected chi connectivity index (χ3v) is 4.17. The van der Waals surface area contributed by atoms with Crippen LogP contribution in [0.3, 0.4) is 0 Å². The van der Waals surface area contributed by atoms with E-state index in [2.05, 4.69) is 26.6 Å². The first-order valence-electron chi connectivity index (χ1n) is 8.37. The highest BCUT2D eigenvalue weighted by Crippen LogP contribution is 2.24. The molecule has 0 aromatic heterocycles. The van der Waals surface area contributed by atoms with Gasteiger partial charge in [0.15, 0.2) is 0 Å². The molecule has 2 aromatic rings. The fourth-order valence-corrected chi connectivity index (χ4v) is 2.77. The Kier molecular flexibility index (Phi) is 8.90. The summed E-state index contributed by atoms with van der Waals surface area (Å²) in [6, 6.07) is 12.5. The molecule has 4 nitrogen and oxygen atoms in total. The third kappa shape index (κ3) is 7.12. The second kappa shape index (κ2) is 11.2. The summed E-state index contributed by atoms with van der Waals surface area (Å²) in [5.74, 6) is 0.493. The summed E-state index contributed by atoms with van der Waals surface area (Å²) in [6.07, 6.45) is 0.972. The minimum absolute atomic E-state index is 0.161. The Morgan fingerprint density at radius 2 is 1.80 bits per heavy atom. The van der Waals surface area contributed by atoms with Crippen LogP contribution in [0.5, 0.6) is 5.75 Å². The van der Waals surface area contributed by atoms with Crippen molar-refractivity contribution in [3.8, 4) is 5.75 Å². The lowest BCUT2D eigenvalue weighted by Crippen LogP contribution is -2.24. The maximum Gasteiger partial charge on any atom is 0.129 e. The monoisotopic (exact) mass is 410 g/mol. The molecule has 0 spiro atoms. The first-order valence-corrected chi connectivity index (χ1v) is 9.17. The van der Waals surface area contributed by atoms with Crippen molar-refractivity contribution < 1.29 is 14.2 Å². The molecule has 2 rings (SSSR count). The minimum Gasteiger partial charge on any atom is -0.488 e. The molecule has 3 N–H and O–H groups in total. The molecule has 25 heavy (non-hydrogen) atoms. The van der Waals surface area contributed by atoms with Crippen molar-refractivity contribution in [1.82, 2.24) is 10.6 Å². The molecular formula is C19H24BrFN2O2. The van der Waals surface area contributed by atoms with E-state index in [1.807, 2.05) is 18.2 Å². The molecule has 0 saturated heterocycles. The van der Waals surface area contributed by atoms with E-state index in [1.54, 1.807) is 18.2 Å². The van der Waals surface area contributed by atoms with Gasteiger partial charge < -0.3 is 20.5 Å². The van der Waals surface area contributed by atoms with Crippen LogP contribution in [0.15, 0.2) is 46.9 Å². The summed E-state index contributed by atoms with van der Waals surface area (Å²) in [5, 5.41) is 15.2. The van der Waals surface area contributed by atoms with Gasteiger partial charge in [0.2, 0.25) is 0 Å². The van der Waals surface area contributed by atoms with Crippen LogP contribution in [0, 0.1) is 5.82 Å². The summed E-state index contributed by atoms with van der Waals surface area (Å²) < 4.78 is 20.5. The van der Waals surface area contributed by atoms with E-state index < -0.39 is 0 Å². The summed E-state index contributed by atoms with van der Waals surface area (Å²) >= 11 is 3.48. The van der Waals surface area contributed by atoms with Gasteiger partial charge in [0.05, 0.1) is 6.61 Å². The molecule has 0 aliphatic carbocycles. The standard InChI is InChI=1S/C19H24BrFN2O2/c20-17-6-7-19(25-14-15-4-1-2-5-18(15)21)16(12-17)13-23-9-3-8-22-10-11-24/h1-2,4-7,12,22-24H,3,8-11,13-14H2. The SMILES string of the molecule is OCCNCCCNCc1cc(Br)ccc1OCc1ccccc1F. The molecule has 0 amide bonds. The van der Waals surface area contributed by atoms with Crippen LogP contribution in [-0.4, -0.2) is 31.3 Å². The molecule has 6 heteroatoms. The number of hydrogen-bond donors (Lipinski definition) is 3. The van der Waals surface area contributed by atoms with Gasteiger partial charge >= 0.3 is 0 Å². The maximum absolute atomic E-state index is 13.7. The fraction of sp³-hybridized carbons (Fsp3) is 0.368. The zero-order valence-electron chi connectivity index (χ0n) is 14.1. The van der Waals surface area contributed by atoms with Gasteiger partial charge in [0.25, 0.3) is 0 Å². The predicted molar refractivity (Wildman–Crippen MR) is 101 cm³/mol. The van der Waals surface area contributed by atoms with E-state index in [1.165, 1.54) is 6.07 Å². The van der Waals surface area contributed by atoms with Gasteiger partial charge in [-0.1, -0.05) is 34.1 Å². The van der Waals surface area contributed by atoms with Gasteiger partial charge in [-0.15, -0.1) is 0 Å². The van der Waals surface area contributed by atoms with E-state index in [9.17, 15) is 4.39 Å². The number of aliphatic hydroxyl groups excluding tert-OH is 1. The summed E-state index contributed by atoms with van der Waals surface area (Å²) in [4.78, 5) is 0. The number of nitrogens with one attached hydrogen (secondary N) is 2. The average molecular weight is 411 g/mol. The van der Waals surface area contributed by atoms with Crippen LogP contribution < -0.4 is 15.4 Å². The summed E-state index contributed by atoms with van der Waals surface area (Å²) in [6.45, 7) is 3.38. The van der Waals surface area contributed by atoms with E-state index in [0.717, 1.165) is 35.3 Å². The first-order chi connectivity index (χ1) is 12.2. The van der Waals surface area contributed by atoms with Gasteiger partial charge in [0, 0.05) is 28.7 Å². The highest BCUT2D eigenvalue weighted by molar-refractivity contribution is 9.10. The summed E-state index contributed by atoms with van der Waals surface area (Å²) in [7, 11) is 0. The highest BCUT2D eigenvalue weighted by Gasteiger charge is 2.07. The van der Waals surface area contributed by atoms with E-state index in [0.29, 0.717) is 18.7 Å². The van der Waals surface area contributed by atoms with Crippen molar-refractivity contribution in [2.75, 3.05) is 26.2 Å². The molecule has 0 saturated carbocycles. The highest BCUT2D eigenvalue weighted by atomic mass is 79.9. The molecule has 0 aliphatic rings. The van der Waals surface area contributed by atoms with Crippen molar-refractivity contribution >= 4 is 15.9 Å². The second-order valence-electron chi connectivity index (χ2n) is 5.64. The summed E-state index contributed by atoms with van der Waals surface area (Å²) in [5.41, 5.74) is 1.56. The fourth-order valence-electron chi connectivity index (χ4n) is 2.36. The molecule has 0 fully saturated rings. The number of benzene rings is 2. The Morgan fingerprint density at radius 1 is 1.00 bits per heavy atom. The second-order valence-corrected chi connectivity index (χ2v) is 6.55. The molecule has 0 aliphatic heterocycles. The zero-order chi connectivity index (χ0) is 17.9. The number of hydrogen-bond acceptors (Lipinski definition) is 4. The zero-order valence-corrected chi connectivity index (χ0v) is 15.7. The van der Waals surface area contributed by atoms with Crippen molar-refractivity contribution in [1.29, 1.82) is 0 Å². The van der Waals surface area contributed by atoms with E-state index in [-0.39, 0.29) is 19.0 Å². The van der Waals surface area contributed by atoms with Crippen molar-refractivity contribution in [2.24, 2.45) is 0 Å². The Hall–Kier alpha value is -1.47. The normalized spacial score (nSPS) is 10.8. The van der Waals surface area contributed by atoms with E-state index >= 15 is 0 Å². The van der Waals surface area contributed by atoms with Crippen LogP contribution in [0.25, 0.3) is 0 Å². The average Bonchev–Trinajstić information content (AvgIpc) is 2.61. The molecule has 0 radical (unpaired) electrons. The first kappa shape index (κ1) is 19.8. The molecule has 0 bridgehead atoms. The van der Waals surface area contributed by atoms with Crippen LogP contribution in [0.2, 0.25) is 0 Å². The predicted octanol–water partition coefficient (Wildman–Crippen LogP) is 3.23.